The lowest BCUT2D eigenvalue weighted by molar-refractivity contribution is 0.0793. The fourth-order valence-corrected chi connectivity index (χ4v) is 3.75. The van der Waals surface area contributed by atoms with Gasteiger partial charge in [0.2, 0.25) is 0 Å². The zero-order valence-corrected chi connectivity index (χ0v) is 16.6. The zero-order valence-electron chi connectivity index (χ0n) is 16.6. The highest BCUT2D eigenvalue weighted by molar-refractivity contribution is 6.12. The van der Waals surface area contributed by atoms with Crippen LogP contribution in [0.5, 0.6) is 0 Å². The Labute approximate surface area is 165 Å². The van der Waals surface area contributed by atoms with Crippen molar-refractivity contribution in [3.63, 3.8) is 0 Å². The van der Waals surface area contributed by atoms with Gasteiger partial charge in [-0.25, -0.2) is 4.99 Å². The average molecular weight is 375 g/mol. The van der Waals surface area contributed by atoms with Crippen molar-refractivity contribution in [3.8, 4) is 0 Å². The van der Waals surface area contributed by atoms with Crippen LogP contribution in [0.15, 0.2) is 52.9 Å². The van der Waals surface area contributed by atoms with Crippen LogP contribution in [0.3, 0.4) is 0 Å². The van der Waals surface area contributed by atoms with Crippen molar-refractivity contribution in [2.45, 2.75) is 26.7 Å². The maximum atomic E-state index is 12.5. The van der Waals surface area contributed by atoms with Gasteiger partial charge in [-0.05, 0) is 56.5 Å². The Bertz CT molecular complexity index is 987. The maximum absolute atomic E-state index is 12.5. The number of hydrogen-bond acceptors (Lipinski definition) is 3. The lowest BCUT2D eigenvalue weighted by atomic mass is 10.1. The van der Waals surface area contributed by atoms with E-state index in [1.807, 2.05) is 48.2 Å². The van der Waals surface area contributed by atoms with Crippen molar-refractivity contribution in [3.05, 3.63) is 75.9 Å². The number of H-pyrrole nitrogens is 1. The molecule has 2 aromatic rings. The number of allylic oxidation sites excluding steroid dienone is 1. The standard InChI is InChI=1S/C23H25N3O2/c1-15-12-16(2)24-19(15)13-21-22(28-3)14-20(25-21)17-6-8-18(9-7-17)23(27)26-10-4-5-11-26/h6-9,12-14,24H,4-5,10-11H2,1-3H3. The van der Waals surface area contributed by atoms with E-state index in [1.165, 1.54) is 5.56 Å². The molecule has 0 aliphatic carbocycles. The summed E-state index contributed by atoms with van der Waals surface area (Å²) in [6.07, 6.45) is 6.14. The number of rotatable bonds is 4. The largest absolute Gasteiger partial charge is 0.494 e. The summed E-state index contributed by atoms with van der Waals surface area (Å²) >= 11 is 0. The van der Waals surface area contributed by atoms with Crippen molar-refractivity contribution in [2.75, 3.05) is 20.2 Å². The number of methoxy groups -OCH3 is 1. The minimum absolute atomic E-state index is 0.115. The molecule has 1 amide bonds. The van der Waals surface area contributed by atoms with E-state index in [0.29, 0.717) is 0 Å². The van der Waals surface area contributed by atoms with Crippen molar-refractivity contribution in [1.29, 1.82) is 0 Å². The van der Waals surface area contributed by atoms with Crippen LogP contribution < -0.4 is 0 Å². The summed E-state index contributed by atoms with van der Waals surface area (Å²) in [5.41, 5.74) is 6.65. The molecule has 1 aromatic heterocycles. The summed E-state index contributed by atoms with van der Waals surface area (Å²) in [5.74, 6) is 0.850. The van der Waals surface area contributed by atoms with E-state index in [0.717, 1.165) is 65.6 Å². The smallest absolute Gasteiger partial charge is 0.253 e. The lowest BCUT2D eigenvalue weighted by Crippen LogP contribution is -2.27. The van der Waals surface area contributed by atoms with Crippen molar-refractivity contribution < 1.29 is 9.53 Å². The summed E-state index contributed by atoms with van der Waals surface area (Å²) < 4.78 is 5.53. The molecule has 1 saturated heterocycles. The molecular weight excluding hydrogens is 350 g/mol. The SMILES string of the molecule is COC1=CC(c2ccc(C(=O)N3CCCC3)cc2)=NC1=Cc1[nH]c(C)cc1C. The Morgan fingerprint density at radius 3 is 2.50 bits per heavy atom. The van der Waals surface area contributed by atoms with Crippen LogP contribution in [0.25, 0.3) is 6.08 Å². The molecule has 5 heteroatoms. The third-order valence-corrected chi connectivity index (χ3v) is 5.27. The quantitative estimate of drug-likeness (QED) is 0.869. The molecule has 1 fully saturated rings. The van der Waals surface area contributed by atoms with Crippen LogP contribution in [0, 0.1) is 13.8 Å². The molecule has 0 bridgehead atoms. The van der Waals surface area contributed by atoms with E-state index in [4.69, 9.17) is 9.73 Å². The monoisotopic (exact) mass is 375 g/mol. The highest BCUT2D eigenvalue weighted by Crippen LogP contribution is 2.26. The Balaban J connectivity index is 1.59. The Kier molecular flexibility index (Phi) is 4.90. The average Bonchev–Trinajstić information content (AvgIpc) is 3.42. The lowest BCUT2D eigenvalue weighted by Gasteiger charge is -2.15. The van der Waals surface area contributed by atoms with Gasteiger partial charge in [0.15, 0.2) is 0 Å². The van der Waals surface area contributed by atoms with Gasteiger partial charge in [-0.3, -0.25) is 4.79 Å². The predicted molar refractivity (Wildman–Crippen MR) is 111 cm³/mol. The van der Waals surface area contributed by atoms with E-state index in [2.05, 4.69) is 18.0 Å². The third-order valence-electron chi connectivity index (χ3n) is 5.27. The van der Waals surface area contributed by atoms with Gasteiger partial charge in [-0.15, -0.1) is 0 Å². The topological polar surface area (TPSA) is 57.7 Å². The van der Waals surface area contributed by atoms with E-state index in [-0.39, 0.29) is 5.91 Å². The number of amides is 1. The van der Waals surface area contributed by atoms with Crippen LogP contribution in [0.1, 0.15) is 45.7 Å². The number of aliphatic imine (C=N–C) groups is 1. The van der Waals surface area contributed by atoms with E-state index in [1.54, 1.807) is 7.11 Å². The van der Waals surface area contributed by atoms with Gasteiger partial charge in [0.25, 0.3) is 5.91 Å². The molecule has 0 saturated carbocycles. The molecular formula is C23H25N3O2. The number of aromatic amines is 1. The fourth-order valence-electron chi connectivity index (χ4n) is 3.75. The predicted octanol–water partition coefficient (Wildman–Crippen LogP) is 4.24. The Morgan fingerprint density at radius 2 is 1.89 bits per heavy atom. The molecule has 2 aliphatic heterocycles. The van der Waals surface area contributed by atoms with E-state index < -0.39 is 0 Å². The first kappa shape index (κ1) is 18.3. The second-order valence-electron chi connectivity index (χ2n) is 7.37. The molecule has 5 nitrogen and oxygen atoms in total. The van der Waals surface area contributed by atoms with Crippen LogP contribution in [0.4, 0.5) is 0 Å². The summed E-state index contributed by atoms with van der Waals surface area (Å²) in [7, 11) is 1.66. The minimum atomic E-state index is 0.115. The van der Waals surface area contributed by atoms with Crippen molar-refractivity contribution in [2.24, 2.45) is 4.99 Å². The van der Waals surface area contributed by atoms with Crippen molar-refractivity contribution >= 4 is 17.7 Å². The first-order valence-electron chi connectivity index (χ1n) is 9.67. The number of nitrogens with one attached hydrogen (secondary N) is 1. The normalized spacial score (nSPS) is 17.8. The molecule has 0 atom stereocenters. The first-order valence-corrected chi connectivity index (χ1v) is 9.67. The summed E-state index contributed by atoms with van der Waals surface area (Å²) in [6, 6.07) is 9.80. The number of nitrogens with zero attached hydrogens (tertiary/aromatic N) is 2. The molecule has 144 valence electrons. The van der Waals surface area contributed by atoms with Gasteiger partial charge in [0.1, 0.15) is 11.5 Å². The molecule has 1 aromatic carbocycles. The molecule has 0 spiro atoms. The van der Waals surface area contributed by atoms with E-state index in [9.17, 15) is 4.79 Å². The number of aryl methyl sites for hydroxylation is 2. The molecule has 28 heavy (non-hydrogen) atoms. The van der Waals surface area contributed by atoms with Gasteiger partial charge in [0.05, 0.1) is 12.8 Å². The molecule has 0 unspecified atom stereocenters. The van der Waals surface area contributed by atoms with Crippen LogP contribution in [0.2, 0.25) is 0 Å². The third kappa shape index (κ3) is 3.52. The van der Waals surface area contributed by atoms with Gasteiger partial charge < -0.3 is 14.6 Å². The second-order valence-corrected chi connectivity index (χ2v) is 7.37. The molecule has 4 rings (SSSR count). The number of carbonyl (C=O) groups is 1. The fraction of sp³-hybridized carbons (Fsp3) is 0.304. The van der Waals surface area contributed by atoms with Crippen LogP contribution >= 0.6 is 0 Å². The maximum Gasteiger partial charge on any atom is 0.253 e. The van der Waals surface area contributed by atoms with Crippen molar-refractivity contribution in [1.82, 2.24) is 9.88 Å². The van der Waals surface area contributed by atoms with Gasteiger partial charge in [-0.2, -0.15) is 0 Å². The number of carbonyl (C=O) groups excluding carboxylic acids is 1. The number of ether oxygens (including phenoxy) is 1. The highest BCUT2D eigenvalue weighted by Gasteiger charge is 2.21. The van der Waals surface area contributed by atoms with Gasteiger partial charge in [-0.1, -0.05) is 12.1 Å². The molecule has 2 aliphatic rings. The van der Waals surface area contributed by atoms with Crippen LogP contribution in [-0.4, -0.2) is 41.7 Å². The summed E-state index contributed by atoms with van der Waals surface area (Å²) in [6.45, 7) is 5.83. The Hall–Kier alpha value is -3.08. The molecule has 3 heterocycles. The Morgan fingerprint density at radius 1 is 1.18 bits per heavy atom. The summed E-state index contributed by atoms with van der Waals surface area (Å²) in [5, 5.41) is 0. The number of aromatic nitrogens is 1. The number of likely N-dealkylation sites (tertiary alicyclic amines) is 1. The first-order chi connectivity index (χ1) is 13.5. The van der Waals surface area contributed by atoms with Gasteiger partial charge in [0, 0.05) is 41.7 Å². The van der Waals surface area contributed by atoms with Crippen LogP contribution in [-0.2, 0) is 4.74 Å². The highest BCUT2D eigenvalue weighted by atomic mass is 16.5. The summed E-state index contributed by atoms with van der Waals surface area (Å²) in [4.78, 5) is 22.5. The molecule has 0 radical (unpaired) electrons. The number of hydrogen-bond donors (Lipinski definition) is 1. The second kappa shape index (κ2) is 7.50. The van der Waals surface area contributed by atoms with E-state index >= 15 is 0 Å². The zero-order chi connectivity index (χ0) is 19.7. The molecule has 1 N–H and O–H groups in total. The minimum Gasteiger partial charge on any atom is -0.494 e. The number of benzene rings is 1. The van der Waals surface area contributed by atoms with Gasteiger partial charge >= 0.3 is 0 Å².